The smallest absolute Gasteiger partial charge is 0.274 e. The van der Waals surface area contributed by atoms with Crippen LogP contribution in [0.2, 0.25) is 0 Å². The van der Waals surface area contributed by atoms with Gasteiger partial charge < -0.3 is 9.64 Å². The monoisotopic (exact) mass is 432 g/mol. The Morgan fingerprint density at radius 3 is 2.94 bits per heavy atom. The van der Waals surface area contributed by atoms with Crippen molar-refractivity contribution in [2.45, 2.75) is 18.8 Å². The number of rotatable bonds is 4. The minimum atomic E-state index is -0.338. The van der Waals surface area contributed by atoms with Crippen molar-refractivity contribution in [3.05, 3.63) is 72.5 Å². The number of piperidine rings is 1. The van der Waals surface area contributed by atoms with E-state index in [2.05, 4.69) is 20.1 Å². The fourth-order valence-electron chi connectivity index (χ4n) is 4.08. The molecule has 4 aromatic rings. The summed E-state index contributed by atoms with van der Waals surface area (Å²) >= 11 is 0. The maximum absolute atomic E-state index is 13.8. The van der Waals surface area contributed by atoms with E-state index in [1.54, 1.807) is 28.8 Å². The van der Waals surface area contributed by atoms with Gasteiger partial charge in [0.1, 0.15) is 17.3 Å². The Bertz CT molecular complexity index is 1280. The molecule has 3 aromatic heterocycles. The lowest BCUT2D eigenvalue weighted by molar-refractivity contribution is 0.0698. The zero-order valence-corrected chi connectivity index (χ0v) is 17.5. The Morgan fingerprint density at radius 2 is 2.12 bits per heavy atom. The molecule has 0 N–H and O–H groups in total. The summed E-state index contributed by atoms with van der Waals surface area (Å²) in [5.74, 6) is 0.820. The molecule has 1 atom stereocenters. The molecular formula is C23H21FN6O2. The molecule has 0 saturated carbocycles. The van der Waals surface area contributed by atoms with Gasteiger partial charge in [0.25, 0.3) is 5.91 Å². The molecular weight excluding hydrogens is 411 g/mol. The summed E-state index contributed by atoms with van der Waals surface area (Å²) in [4.78, 5) is 27.3. The number of aromatic nitrogens is 5. The molecule has 5 rings (SSSR count). The van der Waals surface area contributed by atoms with Gasteiger partial charge in [-0.1, -0.05) is 0 Å². The topological polar surface area (TPSA) is 85.5 Å². The summed E-state index contributed by atoms with van der Waals surface area (Å²) in [6, 6.07) is 8.13. The predicted molar refractivity (Wildman–Crippen MR) is 115 cm³/mol. The Balaban J connectivity index is 1.42. The number of methoxy groups -OCH3 is 1. The number of hydrogen-bond acceptors (Lipinski definition) is 6. The molecule has 0 spiro atoms. The maximum atomic E-state index is 13.8. The molecule has 1 amide bonds. The highest BCUT2D eigenvalue weighted by atomic mass is 19.1. The fraction of sp³-hybridized carbons (Fsp3) is 0.261. The number of ether oxygens (including phenoxy) is 1. The van der Waals surface area contributed by atoms with Crippen LogP contribution in [0.5, 0.6) is 5.75 Å². The van der Waals surface area contributed by atoms with E-state index >= 15 is 0 Å². The summed E-state index contributed by atoms with van der Waals surface area (Å²) in [6.45, 7) is 1.19. The van der Waals surface area contributed by atoms with Crippen LogP contribution in [-0.2, 0) is 0 Å². The van der Waals surface area contributed by atoms with Crippen molar-refractivity contribution in [3.63, 3.8) is 0 Å². The number of amides is 1. The lowest BCUT2D eigenvalue weighted by atomic mass is 9.97. The van der Waals surface area contributed by atoms with Crippen LogP contribution in [0.1, 0.15) is 35.1 Å². The first-order valence-corrected chi connectivity index (χ1v) is 10.4. The van der Waals surface area contributed by atoms with E-state index in [0.717, 1.165) is 18.4 Å². The van der Waals surface area contributed by atoms with Crippen molar-refractivity contribution in [2.75, 3.05) is 20.2 Å². The average molecular weight is 432 g/mol. The molecule has 0 bridgehead atoms. The van der Waals surface area contributed by atoms with E-state index in [1.807, 2.05) is 18.3 Å². The molecule has 8 nitrogen and oxygen atoms in total. The van der Waals surface area contributed by atoms with Gasteiger partial charge in [0.2, 0.25) is 0 Å². The molecule has 4 heterocycles. The van der Waals surface area contributed by atoms with Crippen molar-refractivity contribution in [2.24, 2.45) is 0 Å². The number of carbonyl (C=O) groups is 1. The number of halogens is 1. The van der Waals surface area contributed by atoms with Crippen molar-refractivity contribution >= 4 is 11.6 Å². The lowest BCUT2D eigenvalue weighted by Crippen LogP contribution is -2.39. The highest BCUT2D eigenvalue weighted by Crippen LogP contribution is 2.31. The number of likely N-dealkylation sites (tertiary alicyclic amines) is 1. The standard InChI is InChI=1S/C23H21FN6O2/c1-32-20-6-5-17(24)11-18(20)15-4-7-21-27-22(28-30(21)14-15)16-3-2-10-29(13-16)23(31)19-12-25-8-9-26-19/h4-9,11-12,14,16H,2-3,10,13H2,1H3/t16-/m0/s1. The van der Waals surface area contributed by atoms with Gasteiger partial charge in [-0.05, 0) is 43.2 Å². The second kappa shape index (κ2) is 8.33. The van der Waals surface area contributed by atoms with Gasteiger partial charge in [0.05, 0.1) is 13.3 Å². The third-order valence-electron chi connectivity index (χ3n) is 5.68. The van der Waals surface area contributed by atoms with Crippen molar-refractivity contribution < 1.29 is 13.9 Å². The molecule has 0 unspecified atom stereocenters. The van der Waals surface area contributed by atoms with Crippen LogP contribution in [0.3, 0.4) is 0 Å². The zero-order valence-electron chi connectivity index (χ0n) is 17.5. The first-order chi connectivity index (χ1) is 15.6. The number of fused-ring (bicyclic) bond motifs is 1. The van der Waals surface area contributed by atoms with Gasteiger partial charge in [0.15, 0.2) is 11.5 Å². The van der Waals surface area contributed by atoms with E-state index in [9.17, 15) is 9.18 Å². The van der Waals surface area contributed by atoms with Crippen LogP contribution >= 0.6 is 0 Å². The lowest BCUT2D eigenvalue weighted by Gasteiger charge is -2.31. The molecule has 1 aliphatic heterocycles. The van der Waals surface area contributed by atoms with Crippen LogP contribution in [0.25, 0.3) is 16.8 Å². The average Bonchev–Trinajstić information content (AvgIpc) is 3.28. The number of carbonyl (C=O) groups excluding carboxylic acids is 1. The third kappa shape index (κ3) is 3.77. The Morgan fingerprint density at radius 1 is 1.22 bits per heavy atom. The summed E-state index contributed by atoms with van der Waals surface area (Å²) < 4.78 is 20.9. The first kappa shape index (κ1) is 20.0. The van der Waals surface area contributed by atoms with Crippen LogP contribution < -0.4 is 4.74 Å². The van der Waals surface area contributed by atoms with E-state index < -0.39 is 0 Å². The quantitative estimate of drug-likeness (QED) is 0.492. The van der Waals surface area contributed by atoms with E-state index in [1.165, 1.54) is 24.5 Å². The Labute approximate surface area is 183 Å². The molecule has 9 heteroatoms. The second-order valence-corrected chi connectivity index (χ2v) is 7.72. The summed E-state index contributed by atoms with van der Waals surface area (Å²) in [5.41, 5.74) is 2.44. The van der Waals surface area contributed by atoms with Gasteiger partial charge >= 0.3 is 0 Å². The number of nitrogens with zero attached hydrogens (tertiary/aromatic N) is 6. The first-order valence-electron chi connectivity index (χ1n) is 10.4. The SMILES string of the molecule is COc1ccc(F)cc1-c1ccc2nc([C@H]3CCCN(C(=O)c4cnccn4)C3)nn2c1. The van der Waals surface area contributed by atoms with Gasteiger partial charge in [-0.15, -0.1) is 0 Å². The van der Waals surface area contributed by atoms with E-state index in [4.69, 9.17) is 4.74 Å². The highest BCUT2D eigenvalue weighted by molar-refractivity contribution is 5.92. The summed E-state index contributed by atoms with van der Waals surface area (Å²) in [6.07, 6.45) is 8.11. The van der Waals surface area contributed by atoms with E-state index in [-0.39, 0.29) is 17.6 Å². The van der Waals surface area contributed by atoms with Gasteiger partial charge in [-0.3, -0.25) is 9.78 Å². The largest absolute Gasteiger partial charge is 0.496 e. The molecule has 32 heavy (non-hydrogen) atoms. The molecule has 1 aliphatic rings. The number of pyridine rings is 1. The molecule has 1 aromatic carbocycles. The molecule has 0 aliphatic carbocycles. The third-order valence-corrected chi connectivity index (χ3v) is 5.68. The Hall–Kier alpha value is -3.88. The molecule has 0 radical (unpaired) electrons. The van der Waals surface area contributed by atoms with Crippen molar-refractivity contribution in [1.82, 2.24) is 29.5 Å². The molecule has 1 fully saturated rings. The Kier molecular flexibility index (Phi) is 5.22. The zero-order chi connectivity index (χ0) is 22.1. The van der Waals surface area contributed by atoms with Crippen molar-refractivity contribution in [1.29, 1.82) is 0 Å². The molecule has 1 saturated heterocycles. The molecule has 162 valence electrons. The van der Waals surface area contributed by atoms with Gasteiger partial charge in [-0.25, -0.2) is 18.9 Å². The van der Waals surface area contributed by atoms with Crippen molar-refractivity contribution in [3.8, 4) is 16.9 Å². The minimum absolute atomic E-state index is 0.0245. The van der Waals surface area contributed by atoms with Crippen LogP contribution in [0.15, 0.2) is 55.1 Å². The minimum Gasteiger partial charge on any atom is -0.496 e. The van der Waals surface area contributed by atoms with Crippen LogP contribution in [0, 0.1) is 5.82 Å². The highest BCUT2D eigenvalue weighted by Gasteiger charge is 2.28. The number of hydrogen-bond donors (Lipinski definition) is 0. The van der Waals surface area contributed by atoms with Gasteiger partial charge in [0, 0.05) is 48.7 Å². The summed E-state index contributed by atoms with van der Waals surface area (Å²) in [7, 11) is 1.56. The van der Waals surface area contributed by atoms with Gasteiger partial charge in [-0.2, -0.15) is 5.10 Å². The maximum Gasteiger partial charge on any atom is 0.274 e. The fourth-order valence-corrected chi connectivity index (χ4v) is 4.08. The normalized spacial score (nSPS) is 16.3. The second-order valence-electron chi connectivity index (χ2n) is 7.72. The predicted octanol–water partition coefficient (Wildman–Crippen LogP) is 3.35. The van der Waals surface area contributed by atoms with Crippen LogP contribution in [-0.4, -0.2) is 55.6 Å². The van der Waals surface area contributed by atoms with Crippen LogP contribution in [0.4, 0.5) is 4.39 Å². The van der Waals surface area contributed by atoms with E-state index in [0.29, 0.717) is 41.6 Å². The summed E-state index contributed by atoms with van der Waals surface area (Å²) in [5, 5.41) is 4.67. The number of benzene rings is 1.